The van der Waals surface area contributed by atoms with E-state index in [9.17, 15) is 28.0 Å². The molecule has 4 aliphatic heterocycles. The van der Waals surface area contributed by atoms with Gasteiger partial charge < -0.3 is 49.3 Å². The normalized spacial score (nSPS) is 21.4. The smallest absolute Gasteiger partial charge is 0.407 e. The van der Waals surface area contributed by atoms with Crippen molar-refractivity contribution in [3.8, 4) is 28.1 Å². The van der Waals surface area contributed by atoms with E-state index in [0.717, 1.165) is 63.5 Å². The van der Waals surface area contributed by atoms with Crippen LogP contribution >= 0.6 is 0 Å². The molecule has 4 fully saturated rings. The van der Waals surface area contributed by atoms with Crippen molar-refractivity contribution in [3.63, 3.8) is 0 Å². The van der Waals surface area contributed by atoms with Crippen LogP contribution in [0.15, 0.2) is 79.0 Å². The Morgan fingerprint density at radius 3 is 2.38 bits per heavy atom. The van der Waals surface area contributed by atoms with Gasteiger partial charge in [-0.25, -0.2) is 19.6 Å². The van der Waals surface area contributed by atoms with Crippen molar-refractivity contribution in [2.75, 3.05) is 27.4 Å². The lowest BCUT2D eigenvalue weighted by Crippen LogP contribution is -2.61. The number of aromatic amines is 2. The van der Waals surface area contributed by atoms with Crippen LogP contribution in [0.4, 0.5) is 18.4 Å². The molecular weight excluding hydrogens is 879 g/mol. The van der Waals surface area contributed by atoms with E-state index >= 15 is 0 Å². The molecule has 6 heterocycles. The SMILES string of the molecule is COC(=O)N[C@H](C(=O)N1C2CC(C2)C[C@H]1c1ncc(-c2ccc3c(c2)COc2cc4c(ccc5[nH]c([C@@H]6C[C@H](COC(F)F)CN6C(=O)[C@H](NC(=O)OC)c6ccccc6)nc54)cc2-3)[nH]1)C(C)C. The Morgan fingerprint density at radius 2 is 1.63 bits per heavy atom. The van der Waals surface area contributed by atoms with Gasteiger partial charge in [0.25, 0.3) is 5.91 Å². The molecule has 4 aromatic carbocycles. The highest BCUT2D eigenvalue weighted by Gasteiger charge is 2.49. The first-order valence-electron chi connectivity index (χ1n) is 22.9. The zero-order valence-electron chi connectivity index (χ0n) is 38.0. The van der Waals surface area contributed by atoms with Crippen LogP contribution in [0.2, 0.25) is 0 Å². The van der Waals surface area contributed by atoms with Gasteiger partial charge in [0.1, 0.15) is 36.1 Å². The Labute approximate surface area is 390 Å². The molecule has 1 saturated carbocycles. The summed E-state index contributed by atoms with van der Waals surface area (Å²) in [4.78, 5) is 73.5. The van der Waals surface area contributed by atoms with E-state index in [1.807, 2.05) is 43.0 Å². The van der Waals surface area contributed by atoms with Crippen molar-refractivity contribution in [2.45, 2.75) is 83.0 Å². The lowest BCUT2D eigenvalue weighted by Gasteiger charge is -2.54. The summed E-state index contributed by atoms with van der Waals surface area (Å²) >= 11 is 0. The average Bonchev–Trinajstić information content (AvgIpc) is 4.12. The molecule has 354 valence electrons. The second-order valence-corrected chi connectivity index (χ2v) is 18.5. The molecule has 6 aromatic rings. The molecule has 2 aromatic heterocycles. The number of amides is 4. The number of H-pyrrole nitrogens is 2. The average molecular weight is 931 g/mol. The quantitative estimate of drug-likeness (QED) is 0.0928. The number of nitrogens with one attached hydrogen (secondary N) is 4. The molecule has 4 N–H and O–H groups in total. The predicted molar refractivity (Wildman–Crippen MR) is 245 cm³/mol. The number of halogens is 2. The number of hydrogen-bond acceptors (Lipinski definition) is 10. The molecule has 18 heteroatoms. The van der Waals surface area contributed by atoms with Crippen LogP contribution in [-0.2, 0) is 30.4 Å². The maximum absolute atomic E-state index is 14.4. The number of fused-ring (bicyclic) bond motifs is 8. The monoisotopic (exact) mass is 930 g/mol. The lowest BCUT2D eigenvalue weighted by molar-refractivity contribution is -0.151. The van der Waals surface area contributed by atoms with Gasteiger partial charge in [-0.3, -0.25) is 9.59 Å². The van der Waals surface area contributed by atoms with Crippen molar-refractivity contribution in [1.29, 1.82) is 0 Å². The van der Waals surface area contributed by atoms with Crippen molar-refractivity contribution in [1.82, 2.24) is 40.4 Å². The van der Waals surface area contributed by atoms with Gasteiger partial charge in [0, 0.05) is 29.5 Å². The van der Waals surface area contributed by atoms with Gasteiger partial charge in [-0.15, -0.1) is 0 Å². The number of rotatable bonds is 12. The first kappa shape index (κ1) is 44.7. The number of nitrogens with zero attached hydrogens (tertiary/aromatic N) is 4. The number of alkyl halides is 2. The minimum atomic E-state index is -2.97. The van der Waals surface area contributed by atoms with E-state index in [0.29, 0.717) is 47.4 Å². The van der Waals surface area contributed by atoms with E-state index in [4.69, 9.17) is 28.9 Å². The summed E-state index contributed by atoms with van der Waals surface area (Å²) in [5, 5.41) is 7.13. The molecular formula is C50H52F2N8O8. The van der Waals surface area contributed by atoms with Gasteiger partial charge in [0.2, 0.25) is 5.91 Å². The maximum Gasteiger partial charge on any atom is 0.407 e. The summed E-state index contributed by atoms with van der Waals surface area (Å²) in [6.07, 6.45) is 3.33. The summed E-state index contributed by atoms with van der Waals surface area (Å²) in [6, 6.07) is 20.3. The molecule has 5 atom stereocenters. The van der Waals surface area contributed by atoms with Gasteiger partial charge in [-0.2, -0.15) is 8.78 Å². The Kier molecular flexibility index (Phi) is 12.0. The molecule has 4 amide bonds. The summed E-state index contributed by atoms with van der Waals surface area (Å²) in [5.74, 6) is 1.22. The zero-order chi connectivity index (χ0) is 47.4. The van der Waals surface area contributed by atoms with Crippen LogP contribution in [0, 0.1) is 17.8 Å². The Morgan fingerprint density at radius 1 is 0.853 bits per heavy atom. The highest BCUT2D eigenvalue weighted by atomic mass is 19.3. The molecule has 1 aliphatic carbocycles. The Hall–Kier alpha value is -7.08. The number of imidazole rings is 2. The van der Waals surface area contributed by atoms with Crippen molar-refractivity contribution >= 4 is 45.8 Å². The van der Waals surface area contributed by atoms with Gasteiger partial charge in [0.05, 0.1) is 55.8 Å². The molecule has 0 spiro atoms. The number of carbonyl (C=O) groups is 4. The third-order valence-corrected chi connectivity index (χ3v) is 14.0. The third-order valence-electron chi connectivity index (χ3n) is 14.0. The molecule has 11 rings (SSSR count). The minimum absolute atomic E-state index is 0.0868. The molecule has 0 unspecified atom stereocenters. The minimum Gasteiger partial charge on any atom is -0.488 e. The standard InChI is InChI=1S/C50H52F2N8O8/c1-25(2)41(57-49(63)65-3)47(62)60-32-14-26(15-32)16-39(60)44-53-21-37(55-44)30-10-12-33-31(18-30)24-67-40-20-34-29(19-35(33)40)11-13-36-43(34)56-45(54-36)38-17-27(23-68-48(51)52)22-59(38)46(61)42(58-50(64)66-4)28-8-6-5-7-9-28/h5-13,18-21,25-27,32,38-39,41-42,48H,14-17,22-24H2,1-4H3,(H,53,55)(H,54,56)(H,57,63)(H,58,64)/t26?,27-,32?,38-,39-,41-,42+/m0/s1. The van der Waals surface area contributed by atoms with Crippen LogP contribution in [-0.4, -0.2) is 99.8 Å². The number of aromatic nitrogens is 4. The number of likely N-dealkylation sites (tertiary alicyclic amines) is 1. The predicted octanol–water partition coefficient (Wildman–Crippen LogP) is 8.32. The molecule has 2 bridgehead atoms. The van der Waals surface area contributed by atoms with Crippen LogP contribution in [0.25, 0.3) is 44.2 Å². The van der Waals surface area contributed by atoms with Crippen molar-refractivity contribution < 1.29 is 46.9 Å². The van der Waals surface area contributed by atoms with Crippen molar-refractivity contribution in [3.05, 3.63) is 102 Å². The fourth-order valence-corrected chi connectivity index (χ4v) is 10.6. The molecule has 3 saturated heterocycles. The lowest BCUT2D eigenvalue weighted by atomic mass is 9.70. The summed E-state index contributed by atoms with van der Waals surface area (Å²) in [7, 11) is 2.50. The summed E-state index contributed by atoms with van der Waals surface area (Å²) in [6.45, 7) is 0.994. The van der Waals surface area contributed by atoms with E-state index in [2.05, 4.69) is 38.8 Å². The Balaban J connectivity index is 0.920. The number of methoxy groups -OCH3 is 2. The van der Waals surface area contributed by atoms with Crippen molar-refractivity contribution in [2.24, 2.45) is 17.8 Å². The summed E-state index contributed by atoms with van der Waals surface area (Å²) < 4.78 is 47.3. The maximum atomic E-state index is 14.4. The van der Waals surface area contributed by atoms with E-state index in [1.54, 1.807) is 41.4 Å². The number of ether oxygens (including phenoxy) is 4. The zero-order valence-corrected chi connectivity index (χ0v) is 38.0. The third kappa shape index (κ3) is 8.34. The van der Waals surface area contributed by atoms with Crippen LogP contribution in [0.1, 0.15) is 80.4 Å². The van der Waals surface area contributed by atoms with Crippen LogP contribution in [0.5, 0.6) is 5.75 Å². The van der Waals surface area contributed by atoms with Crippen LogP contribution in [0.3, 0.4) is 0 Å². The second kappa shape index (κ2) is 18.2. The van der Waals surface area contributed by atoms with E-state index < -0.39 is 48.7 Å². The summed E-state index contributed by atoms with van der Waals surface area (Å²) in [5.41, 5.74) is 6.57. The molecule has 16 nitrogen and oxygen atoms in total. The molecule has 5 aliphatic rings. The highest BCUT2D eigenvalue weighted by Crippen LogP contribution is 2.49. The number of piperidine rings is 2. The van der Waals surface area contributed by atoms with Gasteiger partial charge in [-0.05, 0) is 89.4 Å². The fraction of sp³-hybridized carbons (Fsp3) is 0.400. The van der Waals surface area contributed by atoms with Gasteiger partial charge in [0.15, 0.2) is 0 Å². The highest BCUT2D eigenvalue weighted by molar-refractivity contribution is 6.07. The number of carbonyl (C=O) groups excluding carboxylic acids is 4. The van der Waals surface area contributed by atoms with Crippen LogP contribution < -0.4 is 15.4 Å². The first-order chi connectivity index (χ1) is 32.9. The van der Waals surface area contributed by atoms with E-state index in [1.165, 1.54) is 14.2 Å². The Bertz CT molecular complexity index is 2900. The second-order valence-electron chi connectivity index (χ2n) is 18.5. The first-order valence-corrected chi connectivity index (χ1v) is 22.9. The number of benzene rings is 4. The molecule has 0 radical (unpaired) electrons. The van der Waals surface area contributed by atoms with E-state index in [-0.39, 0.29) is 37.1 Å². The number of alkyl carbamates (subject to hydrolysis) is 2. The molecule has 68 heavy (non-hydrogen) atoms. The fourth-order valence-electron chi connectivity index (χ4n) is 10.6. The largest absolute Gasteiger partial charge is 0.488 e. The number of hydrogen-bond donors (Lipinski definition) is 4. The van der Waals surface area contributed by atoms with Gasteiger partial charge >= 0.3 is 18.8 Å². The topological polar surface area (TPSA) is 193 Å². The van der Waals surface area contributed by atoms with Gasteiger partial charge in [-0.1, -0.05) is 62.4 Å².